The van der Waals surface area contributed by atoms with Crippen molar-refractivity contribution in [3.05, 3.63) is 65.2 Å². The molecule has 0 spiro atoms. The smallest absolute Gasteiger partial charge is 0.332 e. The molecule has 4 rings (SSSR count). The Morgan fingerprint density at radius 3 is 2.63 bits per heavy atom. The lowest BCUT2D eigenvalue weighted by Crippen LogP contribution is -2.49. The minimum Gasteiger partial charge on any atom is -0.457 e. The van der Waals surface area contributed by atoms with Gasteiger partial charge in [0, 0.05) is 38.5 Å². The van der Waals surface area contributed by atoms with Crippen molar-refractivity contribution in [2.24, 2.45) is 5.92 Å². The SMILES string of the molecule is COCC(=O)O[C@]1(CCN(C)[C@@H](C)CCCCc2nc3ccccc3[nH]2)CCc2cc(F)ccc2[C@@H]1C(C)C.Cl.Cl. The van der Waals surface area contributed by atoms with Gasteiger partial charge in [0.1, 0.15) is 23.8 Å². The van der Waals surface area contributed by atoms with Crippen LogP contribution in [0.3, 0.4) is 0 Å². The number of aryl methyl sites for hydroxylation is 2. The Bertz CT molecular complexity index is 1220. The Kier molecular flexibility index (Phi) is 13.6. The number of aromatic nitrogens is 2. The quantitative estimate of drug-likeness (QED) is 0.163. The van der Waals surface area contributed by atoms with Crippen LogP contribution >= 0.6 is 24.8 Å². The van der Waals surface area contributed by atoms with Gasteiger partial charge in [0.15, 0.2) is 0 Å². The summed E-state index contributed by atoms with van der Waals surface area (Å²) in [5, 5.41) is 0. The van der Waals surface area contributed by atoms with Gasteiger partial charge < -0.3 is 19.4 Å². The standard InChI is InChI=1S/C32H44FN3O3.2ClH/c1-22(2)31-26-15-14-25(33)20-24(26)16-17-32(31,39-30(37)21-38-5)18-19-36(4)23(3)10-6-9-13-29-34-27-11-7-8-12-28(27)35-29;;/h7-8,11-12,14-15,20,22-23,31H,6,9-10,13,16-19,21H2,1-5H3,(H,34,35);2*1H/t23-,31-,32-;;/m0../s1. The molecule has 0 fully saturated rings. The third-order valence-corrected chi connectivity index (χ3v) is 8.43. The molecule has 1 aromatic heterocycles. The van der Waals surface area contributed by atoms with Crippen LogP contribution in [0.2, 0.25) is 0 Å². The van der Waals surface area contributed by atoms with Gasteiger partial charge >= 0.3 is 5.97 Å². The van der Waals surface area contributed by atoms with Gasteiger partial charge in [-0.3, -0.25) is 0 Å². The Labute approximate surface area is 256 Å². The van der Waals surface area contributed by atoms with Gasteiger partial charge in [0.05, 0.1) is 11.0 Å². The molecule has 1 heterocycles. The van der Waals surface area contributed by atoms with Crippen molar-refractivity contribution >= 4 is 41.8 Å². The summed E-state index contributed by atoms with van der Waals surface area (Å²) < 4.78 is 25.4. The van der Waals surface area contributed by atoms with Crippen molar-refractivity contribution in [1.82, 2.24) is 14.9 Å². The van der Waals surface area contributed by atoms with Gasteiger partial charge in [-0.2, -0.15) is 0 Å². The van der Waals surface area contributed by atoms with Crippen molar-refractivity contribution in [2.75, 3.05) is 27.3 Å². The van der Waals surface area contributed by atoms with Crippen LogP contribution in [0.25, 0.3) is 11.0 Å². The van der Waals surface area contributed by atoms with Gasteiger partial charge in [0.25, 0.3) is 0 Å². The molecular weight excluding hydrogens is 564 g/mol. The number of carbonyl (C=O) groups excluding carboxylic acids is 1. The number of aromatic amines is 1. The highest BCUT2D eigenvalue weighted by Gasteiger charge is 2.47. The summed E-state index contributed by atoms with van der Waals surface area (Å²) in [4.78, 5) is 23.2. The molecule has 6 nitrogen and oxygen atoms in total. The summed E-state index contributed by atoms with van der Waals surface area (Å²) in [6.07, 6.45) is 6.33. The molecule has 3 aromatic rings. The predicted molar refractivity (Wildman–Crippen MR) is 168 cm³/mol. The second-order valence-electron chi connectivity index (χ2n) is 11.6. The molecule has 41 heavy (non-hydrogen) atoms. The van der Waals surface area contributed by atoms with E-state index in [1.165, 1.54) is 13.2 Å². The fourth-order valence-corrected chi connectivity index (χ4v) is 6.33. The van der Waals surface area contributed by atoms with Crippen LogP contribution in [0, 0.1) is 11.7 Å². The number of hydrogen-bond acceptors (Lipinski definition) is 5. The zero-order valence-electron chi connectivity index (χ0n) is 25.0. The summed E-state index contributed by atoms with van der Waals surface area (Å²) in [5.41, 5.74) is 3.60. The molecule has 3 atom stereocenters. The first kappa shape index (κ1) is 35.0. The maximum atomic E-state index is 14.0. The Balaban J connectivity index is 0.00000294. The number of nitrogens with zero attached hydrogens (tertiary/aromatic N) is 2. The number of esters is 1. The molecule has 0 saturated carbocycles. The first-order valence-corrected chi connectivity index (χ1v) is 14.4. The third kappa shape index (κ3) is 8.66. The van der Waals surface area contributed by atoms with Crippen molar-refractivity contribution in [2.45, 2.75) is 83.3 Å². The molecule has 2 aromatic carbocycles. The number of unbranched alkanes of at least 4 members (excludes halogenated alkanes) is 1. The highest BCUT2D eigenvalue weighted by Crippen LogP contribution is 2.48. The molecule has 1 aliphatic carbocycles. The van der Waals surface area contributed by atoms with E-state index in [0.717, 1.165) is 66.6 Å². The van der Waals surface area contributed by atoms with Crippen LogP contribution < -0.4 is 0 Å². The lowest BCUT2D eigenvalue weighted by molar-refractivity contribution is -0.172. The van der Waals surface area contributed by atoms with Crippen LogP contribution in [0.5, 0.6) is 0 Å². The number of halogens is 3. The topological polar surface area (TPSA) is 67.5 Å². The summed E-state index contributed by atoms with van der Waals surface area (Å²) >= 11 is 0. The van der Waals surface area contributed by atoms with Crippen molar-refractivity contribution in [1.29, 1.82) is 0 Å². The number of hydrogen-bond donors (Lipinski definition) is 1. The summed E-state index contributed by atoms with van der Waals surface area (Å²) in [5.74, 6) is 0.722. The molecule has 1 aliphatic rings. The van der Waals surface area contributed by atoms with Crippen molar-refractivity contribution in [3.63, 3.8) is 0 Å². The Hall–Kier alpha value is -2.19. The highest BCUT2D eigenvalue weighted by atomic mass is 35.5. The molecule has 228 valence electrons. The Morgan fingerprint density at radius 2 is 1.93 bits per heavy atom. The molecule has 1 N–H and O–H groups in total. The lowest BCUT2D eigenvalue weighted by Gasteiger charge is -2.47. The summed E-state index contributed by atoms with van der Waals surface area (Å²) in [6.45, 7) is 7.33. The number of H-pyrrole nitrogens is 1. The van der Waals surface area contributed by atoms with E-state index in [1.807, 2.05) is 24.3 Å². The monoisotopic (exact) mass is 609 g/mol. The number of methoxy groups -OCH3 is 1. The fourth-order valence-electron chi connectivity index (χ4n) is 6.33. The first-order chi connectivity index (χ1) is 18.7. The van der Waals surface area contributed by atoms with Crippen molar-refractivity contribution < 1.29 is 18.7 Å². The van der Waals surface area contributed by atoms with Gasteiger partial charge in [0.2, 0.25) is 0 Å². The van der Waals surface area contributed by atoms with Crippen LogP contribution in [0.1, 0.15) is 75.7 Å². The van der Waals surface area contributed by atoms with Gasteiger partial charge in [-0.05, 0) is 81.0 Å². The molecule has 0 saturated heterocycles. The maximum Gasteiger partial charge on any atom is 0.332 e. The number of benzene rings is 2. The lowest BCUT2D eigenvalue weighted by atomic mass is 9.65. The van der Waals surface area contributed by atoms with Gasteiger partial charge in [-0.25, -0.2) is 14.2 Å². The fraction of sp³-hybridized carbons (Fsp3) is 0.562. The maximum absolute atomic E-state index is 14.0. The highest BCUT2D eigenvalue weighted by molar-refractivity contribution is 5.85. The summed E-state index contributed by atoms with van der Waals surface area (Å²) in [6, 6.07) is 13.6. The Morgan fingerprint density at radius 1 is 1.17 bits per heavy atom. The predicted octanol–water partition coefficient (Wildman–Crippen LogP) is 7.28. The number of rotatable bonds is 13. The number of ether oxygens (including phenoxy) is 2. The van der Waals surface area contributed by atoms with E-state index in [-0.39, 0.29) is 55.0 Å². The number of para-hydroxylation sites is 2. The average Bonchev–Trinajstić information content (AvgIpc) is 3.32. The minimum atomic E-state index is -0.649. The molecule has 0 unspecified atom stereocenters. The van der Waals surface area contributed by atoms with E-state index in [0.29, 0.717) is 18.9 Å². The van der Waals surface area contributed by atoms with E-state index >= 15 is 0 Å². The summed E-state index contributed by atoms with van der Waals surface area (Å²) in [7, 11) is 3.67. The van der Waals surface area contributed by atoms with E-state index in [4.69, 9.17) is 14.5 Å². The number of carbonyl (C=O) groups is 1. The molecule has 0 aliphatic heterocycles. The van der Waals surface area contributed by atoms with Crippen LogP contribution in [-0.2, 0) is 27.1 Å². The van der Waals surface area contributed by atoms with Crippen LogP contribution in [0.4, 0.5) is 4.39 Å². The average molecular weight is 611 g/mol. The normalized spacial score (nSPS) is 19.0. The minimum absolute atomic E-state index is 0. The van der Waals surface area contributed by atoms with Crippen LogP contribution in [0.15, 0.2) is 42.5 Å². The zero-order chi connectivity index (χ0) is 28.0. The van der Waals surface area contributed by atoms with E-state index < -0.39 is 5.60 Å². The molecule has 0 amide bonds. The van der Waals surface area contributed by atoms with E-state index in [2.05, 4.69) is 43.8 Å². The van der Waals surface area contributed by atoms with Crippen LogP contribution in [-0.4, -0.2) is 59.8 Å². The third-order valence-electron chi connectivity index (χ3n) is 8.43. The van der Waals surface area contributed by atoms with E-state index in [1.54, 1.807) is 6.07 Å². The van der Waals surface area contributed by atoms with E-state index in [9.17, 15) is 9.18 Å². The number of nitrogens with one attached hydrogen (secondary N) is 1. The zero-order valence-corrected chi connectivity index (χ0v) is 26.6. The largest absolute Gasteiger partial charge is 0.457 e. The number of imidazole rings is 1. The second-order valence-corrected chi connectivity index (χ2v) is 11.6. The molecular formula is C32H46Cl2FN3O3. The molecule has 9 heteroatoms. The molecule has 0 bridgehead atoms. The van der Waals surface area contributed by atoms with Crippen molar-refractivity contribution in [3.8, 4) is 0 Å². The second kappa shape index (κ2) is 15.9. The first-order valence-electron chi connectivity index (χ1n) is 14.4. The number of fused-ring (bicyclic) bond motifs is 2. The van der Waals surface area contributed by atoms with Gasteiger partial charge in [-0.1, -0.05) is 38.5 Å². The molecule has 0 radical (unpaired) electrons. The van der Waals surface area contributed by atoms with Gasteiger partial charge in [-0.15, -0.1) is 24.8 Å².